The Hall–Kier alpha value is -1.75. The molecule has 0 bridgehead atoms. The summed E-state index contributed by atoms with van der Waals surface area (Å²) in [7, 11) is 1.73. The summed E-state index contributed by atoms with van der Waals surface area (Å²) in [6.07, 6.45) is 4.47. The SMILES string of the molecule is COc1ccc2c(c1)CC(Nc1cc(SC(C)C)nc(C)n1)CCC2. The van der Waals surface area contributed by atoms with Crippen molar-refractivity contribution < 1.29 is 4.74 Å². The Morgan fingerprint density at radius 3 is 2.80 bits per heavy atom. The van der Waals surface area contributed by atoms with Crippen molar-refractivity contribution in [2.24, 2.45) is 0 Å². The second kappa shape index (κ2) is 8.09. The number of nitrogens with zero attached hydrogens (tertiary/aromatic N) is 2. The summed E-state index contributed by atoms with van der Waals surface area (Å²) in [5.41, 5.74) is 2.83. The Balaban J connectivity index is 1.77. The Morgan fingerprint density at radius 2 is 2.04 bits per heavy atom. The maximum absolute atomic E-state index is 5.40. The van der Waals surface area contributed by atoms with E-state index >= 15 is 0 Å². The molecule has 1 atom stereocenters. The third kappa shape index (κ3) is 4.88. The fourth-order valence-electron chi connectivity index (χ4n) is 3.32. The Kier molecular flexibility index (Phi) is 5.84. The molecule has 25 heavy (non-hydrogen) atoms. The lowest BCUT2D eigenvalue weighted by Crippen LogP contribution is -2.22. The van der Waals surface area contributed by atoms with Crippen LogP contribution in [0, 0.1) is 6.92 Å². The second-order valence-electron chi connectivity index (χ2n) is 6.88. The molecule has 134 valence electrons. The predicted octanol–water partition coefficient (Wildman–Crippen LogP) is 4.65. The van der Waals surface area contributed by atoms with Gasteiger partial charge in [0, 0.05) is 17.4 Å². The van der Waals surface area contributed by atoms with Crippen LogP contribution in [-0.2, 0) is 12.8 Å². The van der Waals surface area contributed by atoms with E-state index in [9.17, 15) is 0 Å². The molecule has 3 rings (SSSR count). The van der Waals surface area contributed by atoms with Crippen molar-refractivity contribution in [2.75, 3.05) is 12.4 Å². The summed E-state index contributed by atoms with van der Waals surface area (Å²) >= 11 is 1.78. The lowest BCUT2D eigenvalue weighted by atomic mass is 10.0. The molecule has 1 heterocycles. The summed E-state index contributed by atoms with van der Waals surface area (Å²) in [5, 5.41) is 5.20. The van der Waals surface area contributed by atoms with Crippen molar-refractivity contribution in [2.45, 2.75) is 62.8 Å². The van der Waals surface area contributed by atoms with E-state index in [4.69, 9.17) is 4.74 Å². The van der Waals surface area contributed by atoms with Gasteiger partial charge in [-0.15, -0.1) is 11.8 Å². The summed E-state index contributed by atoms with van der Waals surface area (Å²) < 4.78 is 5.40. The van der Waals surface area contributed by atoms with Gasteiger partial charge in [0.15, 0.2) is 0 Å². The minimum absolute atomic E-state index is 0.388. The first-order chi connectivity index (χ1) is 12.0. The van der Waals surface area contributed by atoms with E-state index in [1.54, 1.807) is 18.9 Å². The van der Waals surface area contributed by atoms with Gasteiger partial charge in [0.1, 0.15) is 22.4 Å². The van der Waals surface area contributed by atoms with Crippen LogP contribution in [0.1, 0.15) is 43.6 Å². The van der Waals surface area contributed by atoms with Gasteiger partial charge in [-0.2, -0.15) is 0 Å². The molecule has 2 aromatic rings. The molecule has 5 heteroatoms. The van der Waals surface area contributed by atoms with Crippen LogP contribution in [0.25, 0.3) is 0 Å². The van der Waals surface area contributed by atoms with Gasteiger partial charge in [0.2, 0.25) is 0 Å². The third-order valence-corrected chi connectivity index (χ3v) is 5.32. The standard InChI is InChI=1S/C20H27N3OS/c1-13(2)25-20-12-19(21-14(3)22-20)23-17-7-5-6-15-8-9-18(24-4)11-16(15)10-17/h8-9,11-13,17H,5-7,10H2,1-4H3,(H,21,22,23). The lowest BCUT2D eigenvalue weighted by Gasteiger charge is -2.19. The monoisotopic (exact) mass is 357 g/mol. The first-order valence-electron chi connectivity index (χ1n) is 8.98. The fourth-order valence-corrected chi connectivity index (χ4v) is 4.17. The first kappa shape index (κ1) is 18.1. The van der Waals surface area contributed by atoms with Gasteiger partial charge in [0.25, 0.3) is 0 Å². The maximum Gasteiger partial charge on any atom is 0.131 e. The average Bonchev–Trinajstić information content (AvgIpc) is 2.74. The summed E-state index contributed by atoms with van der Waals surface area (Å²) in [6, 6.07) is 8.92. The van der Waals surface area contributed by atoms with Crippen molar-refractivity contribution in [1.82, 2.24) is 9.97 Å². The quantitative estimate of drug-likeness (QED) is 0.479. The highest BCUT2D eigenvalue weighted by atomic mass is 32.2. The molecule has 1 aliphatic rings. The van der Waals surface area contributed by atoms with Crippen LogP contribution < -0.4 is 10.1 Å². The van der Waals surface area contributed by atoms with E-state index in [0.29, 0.717) is 11.3 Å². The Bertz CT molecular complexity index is 733. The normalized spacial score (nSPS) is 17.1. The molecule has 0 fully saturated rings. The number of hydrogen-bond acceptors (Lipinski definition) is 5. The molecule has 0 spiro atoms. The number of hydrogen-bond donors (Lipinski definition) is 1. The highest BCUT2D eigenvalue weighted by Crippen LogP contribution is 2.27. The van der Waals surface area contributed by atoms with Crippen molar-refractivity contribution in [1.29, 1.82) is 0 Å². The molecule has 0 amide bonds. The summed E-state index contributed by atoms with van der Waals surface area (Å²) in [4.78, 5) is 9.13. The van der Waals surface area contributed by atoms with Gasteiger partial charge in [-0.1, -0.05) is 19.9 Å². The summed E-state index contributed by atoms with van der Waals surface area (Å²) in [6.45, 7) is 6.33. The van der Waals surface area contributed by atoms with E-state index in [0.717, 1.165) is 41.7 Å². The highest BCUT2D eigenvalue weighted by molar-refractivity contribution is 7.99. The largest absolute Gasteiger partial charge is 0.497 e. The third-order valence-electron chi connectivity index (χ3n) is 4.40. The van der Waals surface area contributed by atoms with E-state index in [2.05, 4.69) is 53.4 Å². The molecule has 0 aliphatic heterocycles. The van der Waals surface area contributed by atoms with Gasteiger partial charge >= 0.3 is 0 Å². The molecule has 4 nitrogen and oxygen atoms in total. The number of thioether (sulfide) groups is 1. The molecule has 1 N–H and O–H groups in total. The van der Waals surface area contributed by atoms with E-state index < -0.39 is 0 Å². The van der Waals surface area contributed by atoms with Crippen molar-refractivity contribution in [3.63, 3.8) is 0 Å². The Labute approximate surface area is 154 Å². The number of fused-ring (bicyclic) bond motifs is 1. The Morgan fingerprint density at radius 1 is 1.20 bits per heavy atom. The molecule has 0 saturated heterocycles. The van der Waals surface area contributed by atoms with Crippen molar-refractivity contribution in [3.05, 3.63) is 41.2 Å². The highest BCUT2D eigenvalue weighted by Gasteiger charge is 2.18. The lowest BCUT2D eigenvalue weighted by molar-refractivity contribution is 0.414. The minimum Gasteiger partial charge on any atom is -0.497 e. The predicted molar refractivity (Wildman–Crippen MR) is 105 cm³/mol. The average molecular weight is 358 g/mol. The molecule has 0 saturated carbocycles. The van der Waals surface area contributed by atoms with Crippen LogP contribution in [0.15, 0.2) is 29.3 Å². The number of methoxy groups -OCH3 is 1. The minimum atomic E-state index is 0.388. The number of aromatic nitrogens is 2. The van der Waals surface area contributed by atoms with Crippen molar-refractivity contribution >= 4 is 17.6 Å². The van der Waals surface area contributed by atoms with Crippen LogP contribution in [0.5, 0.6) is 5.75 Å². The zero-order valence-electron chi connectivity index (χ0n) is 15.5. The van der Waals surface area contributed by atoms with Crippen LogP contribution in [0.4, 0.5) is 5.82 Å². The first-order valence-corrected chi connectivity index (χ1v) is 9.86. The van der Waals surface area contributed by atoms with Gasteiger partial charge in [0.05, 0.1) is 7.11 Å². The molecular weight excluding hydrogens is 330 g/mol. The fraction of sp³-hybridized carbons (Fsp3) is 0.500. The smallest absolute Gasteiger partial charge is 0.131 e. The van der Waals surface area contributed by atoms with Crippen LogP contribution >= 0.6 is 11.8 Å². The number of benzene rings is 1. The molecule has 1 aromatic carbocycles. The van der Waals surface area contributed by atoms with Crippen molar-refractivity contribution in [3.8, 4) is 5.75 Å². The molecule has 1 unspecified atom stereocenters. The van der Waals surface area contributed by atoms with Crippen LogP contribution in [-0.4, -0.2) is 28.4 Å². The molecular formula is C20H27N3OS. The molecule has 0 radical (unpaired) electrons. The van der Waals surface area contributed by atoms with Gasteiger partial charge in [-0.25, -0.2) is 9.97 Å². The number of anilines is 1. The zero-order chi connectivity index (χ0) is 17.8. The zero-order valence-corrected chi connectivity index (χ0v) is 16.3. The topological polar surface area (TPSA) is 47.0 Å². The number of aryl methyl sites for hydroxylation is 2. The van der Waals surface area contributed by atoms with E-state index in [1.165, 1.54) is 17.5 Å². The number of rotatable bonds is 5. The van der Waals surface area contributed by atoms with Crippen LogP contribution in [0.2, 0.25) is 0 Å². The van der Waals surface area contributed by atoms with Gasteiger partial charge in [-0.05, 0) is 55.9 Å². The number of ether oxygens (including phenoxy) is 1. The second-order valence-corrected chi connectivity index (χ2v) is 8.47. The van der Waals surface area contributed by atoms with Crippen LogP contribution in [0.3, 0.4) is 0 Å². The van der Waals surface area contributed by atoms with Gasteiger partial charge in [-0.3, -0.25) is 0 Å². The van der Waals surface area contributed by atoms with E-state index in [-0.39, 0.29) is 0 Å². The molecule has 1 aliphatic carbocycles. The van der Waals surface area contributed by atoms with E-state index in [1.807, 2.05) is 6.92 Å². The molecule has 1 aromatic heterocycles. The van der Waals surface area contributed by atoms with Gasteiger partial charge < -0.3 is 10.1 Å². The maximum atomic E-state index is 5.40. The summed E-state index contributed by atoms with van der Waals surface area (Å²) in [5.74, 6) is 2.70. The number of nitrogens with one attached hydrogen (secondary N) is 1.